The monoisotopic (exact) mass is 537 g/mol. The lowest BCUT2D eigenvalue weighted by Gasteiger charge is -2.11. The molecule has 0 spiro atoms. The van der Waals surface area contributed by atoms with Crippen molar-refractivity contribution in [1.82, 2.24) is 24.8 Å². The number of aromatic nitrogens is 5. The minimum Gasteiger partial charge on any atom is -0.493 e. The minimum atomic E-state index is -0.583. The Hall–Kier alpha value is -4.15. The highest BCUT2D eigenvalue weighted by Gasteiger charge is 2.15. The van der Waals surface area contributed by atoms with Gasteiger partial charge in [-0.3, -0.25) is 14.9 Å². The largest absolute Gasteiger partial charge is 0.493 e. The molecule has 4 aromatic rings. The Morgan fingerprint density at radius 3 is 2.78 bits per heavy atom. The zero-order chi connectivity index (χ0) is 26.5. The summed E-state index contributed by atoms with van der Waals surface area (Å²) in [6, 6.07) is 8.28. The number of benzene rings is 1. The van der Waals surface area contributed by atoms with Gasteiger partial charge in [-0.2, -0.15) is 14.9 Å². The van der Waals surface area contributed by atoms with Crippen molar-refractivity contribution in [2.45, 2.75) is 33.8 Å². The van der Waals surface area contributed by atoms with Crippen molar-refractivity contribution >= 4 is 44.7 Å². The molecule has 0 aliphatic heterocycles. The van der Waals surface area contributed by atoms with Crippen molar-refractivity contribution in [3.05, 3.63) is 61.5 Å². The number of nitrogens with zero attached hydrogens (tertiary/aromatic N) is 6. The Morgan fingerprint density at radius 1 is 1.24 bits per heavy atom. The lowest BCUT2D eigenvalue weighted by Crippen LogP contribution is -2.16. The fourth-order valence-electron chi connectivity index (χ4n) is 3.29. The van der Waals surface area contributed by atoms with E-state index in [-0.39, 0.29) is 17.7 Å². The van der Waals surface area contributed by atoms with Gasteiger partial charge in [-0.25, -0.2) is 4.98 Å². The molecule has 0 aliphatic carbocycles. The number of hydrogen-bond acceptors (Lipinski definition) is 11. The van der Waals surface area contributed by atoms with Crippen LogP contribution < -0.4 is 20.3 Å². The molecule has 4 rings (SSSR count). The number of anilines is 1. The third-order valence-corrected chi connectivity index (χ3v) is 6.59. The van der Waals surface area contributed by atoms with E-state index >= 15 is 0 Å². The number of fused-ring (bicyclic) bond motifs is 1. The fraction of sp³-hybridized carbons (Fsp3) is 0.292. The van der Waals surface area contributed by atoms with Crippen LogP contribution in [-0.4, -0.2) is 37.8 Å². The zero-order valence-electron chi connectivity index (χ0n) is 20.5. The SMILES string of the molecule is COc1cc(C=C(C#N)C(=O)Nc2nnc(CC(C)C)s2)ccc1OCc1cc(=O)n2nc(C)sc2n1. The molecule has 3 aromatic heterocycles. The standard InChI is InChI=1S/C24H23N7O4S2/c1-13(2)7-20-28-29-23(37-20)27-22(33)16(11-25)8-15-5-6-18(19(9-15)34-4)35-12-17-10-21(32)31-24(26-17)36-14(3)30-31/h5-6,8-10,13H,7,12H2,1-4H3,(H,27,29,33). The summed E-state index contributed by atoms with van der Waals surface area (Å²) in [7, 11) is 1.48. The quantitative estimate of drug-likeness (QED) is 0.250. The van der Waals surface area contributed by atoms with Crippen LogP contribution in [0.25, 0.3) is 11.0 Å². The predicted molar refractivity (Wildman–Crippen MR) is 140 cm³/mol. The van der Waals surface area contributed by atoms with Gasteiger partial charge < -0.3 is 9.47 Å². The maximum atomic E-state index is 12.6. The summed E-state index contributed by atoms with van der Waals surface area (Å²) in [5.74, 6) is 0.635. The lowest BCUT2D eigenvalue weighted by atomic mass is 10.1. The van der Waals surface area contributed by atoms with E-state index in [0.29, 0.717) is 38.8 Å². The molecule has 0 radical (unpaired) electrons. The normalized spacial score (nSPS) is 11.5. The van der Waals surface area contributed by atoms with Crippen LogP contribution in [0, 0.1) is 24.2 Å². The van der Waals surface area contributed by atoms with Crippen LogP contribution in [0.1, 0.15) is 35.1 Å². The Labute approximate surface area is 220 Å². The van der Waals surface area contributed by atoms with Crippen molar-refractivity contribution in [3.63, 3.8) is 0 Å². The van der Waals surface area contributed by atoms with Crippen LogP contribution >= 0.6 is 22.7 Å². The molecule has 1 amide bonds. The first-order valence-corrected chi connectivity index (χ1v) is 12.8. The van der Waals surface area contributed by atoms with E-state index in [1.165, 1.54) is 46.4 Å². The summed E-state index contributed by atoms with van der Waals surface area (Å²) in [5, 5.41) is 26.2. The highest BCUT2D eigenvalue weighted by atomic mass is 32.1. The number of hydrogen-bond donors (Lipinski definition) is 1. The third kappa shape index (κ3) is 6.35. The molecule has 0 unspecified atom stereocenters. The Balaban J connectivity index is 1.47. The van der Waals surface area contributed by atoms with Crippen LogP contribution in [0.2, 0.25) is 0 Å². The van der Waals surface area contributed by atoms with Gasteiger partial charge in [-0.05, 0) is 36.6 Å². The zero-order valence-corrected chi connectivity index (χ0v) is 22.1. The second-order valence-electron chi connectivity index (χ2n) is 8.32. The molecule has 0 bridgehead atoms. The second kappa shape index (κ2) is 11.3. The van der Waals surface area contributed by atoms with Crippen LogP contribution in [0.3, 0.4) is 0 Å². The summed E-state index contributed by atoms with van der Waals surface area (Å²) >= 11 is 2.60. The number of rotatable bonds is 9. The van der Waals surface area contributed by atoms with Gasteiger partial charge in [0, 0.05) is 12.5 Å². The molecule has 0 saturated carbocycles. The van der Waals surface area contributed by atoms with E-state index < -0.39 is 5.91 Å². The number of ether oxygens (including phenoxy) is 2. The van der Waals surface area contributed by atoms with Gasteiger partial charge in [0.2, 0.25) is 10.1 Å². The molecule has 190 valence electrons. The van der Waals surface area contributed by atoms with E-state index in [9.17, 15) is 14.9 Å². The lowest BCUT2D eigenvalue weighted by molar-refractivity contribution is -0.112. The predicted octanol–water partition coefficient (Wildman–Crippen LogP) is 3.64. The van der Waals surface area contributed by atoms with Crippen molar-refractivity contribution in [2.24, 2.45) is 5.92 Å². The van der Waals surface area contributed by atoms with Gasteiger partial charge in [0.05, 0.1) is 12.8 Å². The summed E-state index contributed by atoms with van der Waals surface area (Å²) in [6.45, 7) is 5.99. The van der Waals surface area contributed by atoms with Crippen LogP contribution in [0.15, 0.2) is 34.6 Å². The topological polar surface area (TPSA) is 144 Å². The molecule has 0 atom stereocenters. The van der Waals surface area contributed by atoms with Gasteiger partial charge >= 0.3 is 0 Å². The fourth-order valence-corrected chi connectivity index (χ4v) is 5.00. The van der Waals surface area contributed by atoms with Crippen molar-refractivity contribution in [3.8, 4) is 17.6 Å². The molecule has 13 heteroatoms. The minimum absolute atomic E-state index is 0.0424. The number of methoxy groups -OCH3 is 1. The first kappa shape index (κ1) is 25.9. The smallest absolute Gasteiger partial charge is 0.275 e. The molecule has 1 N–H and O–H groups in total. The summed E-state index contributed by atoms with van der Waals surface area (Å²) in [6.07, 6.45) is 2.20. The number of carbonyl (C=O) groups is 1. The maximum absolute atomic E-state index is 12.6. The molecule has 3 heterocycles. The van der Waals surface area contributed by atoms with Gasteiger partial charge in [0.1, 0.15) is 28.3 Å². The van der Waals surface area contributed by atoms with Crippen LogP contribution in [0.5, 0.6) is 11.5 Å². The number of nitriles is 1. The van der Waals surface area contributed by atoms with E-state index in [2.05, 4.69) is 39.4 Å². The molecule has 37 heavy (non-hydrogen) atoms. The van der Waals surface area contributed by atoms with Gasteiger partial charge in [-0.15, -0.1) is 10.2 Å². The Morgan fingerprint density at radius 2 is 2.05 bits per heavy atom. The molecular weight excluding hydrogens is 514 g/mol. The third-order valence-electron chi connectivity index (χ3n) is 4.91. The van der Waals surface area contributed by atoms with Crippen molar-refractivity contribution < 1.29 is 14.3 Å². The van der Waals surface area contributed by atoms with Crippen molar-refractivity contribution in [1.29, 1.82) is 5.26 Å². The first-order valence-electron chi connectivity index (χ1n) is 11.2. The van der Waals surface area contributed by atoms with E-state index in [4.69, 9.17) is 9.47 Å². The molecule has 0 aliphatic rings. The second-order valence-corrected chi connectivity index (χ2v) is 10.5. The van der Waals surface area contributed by atoms with Gasteiger partial charge in [-0.1, -0.05) is 42.6 Å². The van der Waals surface area contributed by atoms with E-state index in [1.807, 2.05) is 6.07 Å². The highest BCUT2D eigenvalue weighted by Crippen LogP contribution is 2.30. The molecule has 0 fully saturated rings. The number of nitrogens with one attached hydrogen (secondary N) is 1. The molecule has 1 aromatic carbocycles. The molecular formula is C24H23N7O4S2. The summed E-state index contributed by atoms with van der Waals surface area (Å²) in [4.78, 5) is 29.8. The average Bonchev–Trinajstić information content (AvgIpc) is 3.46. The van der Waals surface area contributed by atoms with E-state index in [0.717, 1.165) is 16.4 Å². The molecule has 0 saturated heterocycles. The van der Waals surface area contributed by atoms with Crippen LogP contribution in [0.4, 0.5) is 5.13 Å². The van der Waals surface area contributed by atoms with Gasteiger partial charge in [0.25, 0.3) is 11.5 Å². The average molecular weight is 538 g/mol. The van der Waals surface area contributed by atoms with Crippen LogP contribution in [-0.2, 0) is 17.8 Å². The number of carbonyl (C=O) groups excluding carboxylic acids is 1. The maximum Gasteiger partial charge on any atom is 0.275 e. The molecule has 11 nitrogen and oxygen atoms in total. The van der Waals surface area contributed by atoms with Crippen molar-refractivity contribution in [2.75, 3.05) is 12.4 Å². The van der Waals surface area contributed by atoms with E-state index in [1.54, 1.807) is 25.1 Å². The van der Waals surface area contributed by atoms with Gasteiger partial charge in [0.15, 0.2) is 11.5 Å². The highest BCUT2D eigenvalue weighted by molar-refractivity contribution is 7.16. The Bertz CT molecular complexity index is 1580. The summed E-state index contributed by atoms with van der Waals surface area (Å²) in [5.41, 5.74) is 0.629. The number of aryl methyl sites for hydroxylation is 1. The number of amides is 1. The first-order chi connectivity index (χ1) is 17.7. The summed E-state index contributed by atoms with van der Waals surface area (Å²) < 4.78 is 12.5. The Kier molecular flexibility index (Phi) is 7.90.